The minimum Gasteiger partial charge on any atom is -0.316 e. The zero-order valence-corrected chi connectivity index (χ0v) is 14.8. The zero-order chi connectivity index (χ0) is 15.1. The molecule has 0 saturated carbocycles. The largest absolute Gasteiger partial charge is 0.316 e. The van der Waals surface area contributed by atoms with E-state index in [-0.39, 0.29) is 0 Å². The molecule has 0 radical (unpaired) electrons. The molecule has 1 heterocycles. The number of hydrogen-bond acceptors (Lipinski definition) is 4. The maximum absolute atomic E-state index is 4.39. The number of hydrogen-bond donors (Lipinski definition) is 1. The van der Waals surface area contributed by atoms with Gasteiger partial charge in [-0.25, -0.2) is 4.98 Å². The first-order chi connectivity index (χ1) is 10.2. The maximum atomic E-state index is 4.39. The number of aromatic nitrogens is 3. The molecule has 21 heavy (non-hydrogen) atoms. The Hall–Kier alpha value is -0.850. The van der Waals surface area contributed by atoms with Crippen molar-refractivity contribution in [3.8, 4) is 0 Å². The van der Waals surface area contributed by atoms with E-state index in [0.717, 1.165) is 35.4 Å². The van der Waals surface area contributed by atoms with Gasteiger partial charge in [0.25, 0.3) is 0 Å². The Morgan fingerprint density at radius 3 is 2.90 bits per heavy atom. The summed E-state index contributed by atoms with van der Waals surface area (Å²) >= 11 is 5.45. The normalized spacial score (nSPS) is 12.5. The molecule has 0 aliphatic heterocycles. The SMILES string of the molecule is CCCn1ncnc1CC(CSc1ccccc1Br)NC. The predicted octanol–water partition coefficient (Wildman–Crippen LogP) is 3.37. The Balaban J connectivity index is 1.94. The molecule has 0 aliphatic rings. The number of aryl methyl sites for hydroxylation is 1. The van der Waals surface area contributed by atoms with E-state index in [1.165, 1.54) is 4.90 Å². The molecule has 0 fully saturated rings. The van der Waals surface area contributed by atoms with E-state index in [0.29, 0.717) is 6.04 Å². The average molecular weight is 369 g/mol. The van der Waals surface area contributed by atoms with Gasteiger partial charge in [-0.15, -0.1) is 11.8 Å². The highest BCUT2D eigenvalue weighted by Gasteiger charge is 2.13. The van der Waals surface area contributed by atoms with E-state index in [1.807, 2.05) is 29.6 Å². The number of halogens is 1. The van der Waals surface area contributed by atoms with Crippen molar-refractivity contribution in [1.29, 1.82) is 0 Å². The molecule has 1 aromatic carbocycles. The fourth-order valence-corrected chi connectivity index (χ4v) is 3.74. The summed E-state index contributed by atoms with van der Waals surface area (Å²) in [5, 5.41) is 7.67. The van der Waals surface area contributed by atoms with Crippen LogP contribution in [-0.4, -0.2) is 33.6 Å². The first-order valence-corrected chi connectivity index (χ1v) is 8.93. The quantitative estimate of drug-likeness (QED) is 0.725. The van der Waals surface area contributed by atoms with Gasteiger partial charge in [-0.2, -0.15) is 5.10 Å². The minimum atomic E-state index is 0.377. The molecule has 1 N–H and O–H groups in total. The second-order valence-corrected chi connectivity index (χ2v) is 6.75. The Labute approximate surface area is 138 Å². The van der Waals surface area contributed by atoms with Crippen LogP contribution < -0.4 is 5.32 Å². The van der Waals surface area contributed by atoms with Crippen molar-refractivity contribution in [3.05, 3.63) is 40.9 Å². The molecule has 0 amide bonds. The smallest absolute Gasteiger partial charge is 0.138 e. The highest BCUT2D eigenvalue weighted by molar-refractivity contribution is 9.10. The van der Waals surface area contributed by atoms with Gasteiger partial charge >= 0.3 is 0 Å². The van der Waals surface area contributed by atoms with Gasteiger partial charge in [0.1, 0.15) is 12.2 Å². The van der Waals surface area contributed by atoms with Gasteiger partial charge in [-0.05, 0) is 41.5 Å². The van der Waals surface area contributed by atoms with Crippen LogP contribution in [0.4, 0.5) is 0 Å². The molecule has 1 atom stereocenters. The number of rotatable bonds is 8. The third-order valence-corrected chi connectivity index (χ3v) is 5.44. The van der Waals surface area contributed by atoms with Gasteiger partial charge in [0.15, 0.2) is 0 Å². The fourth-order valence-electron chi connectivity index (χ4n) is 2.06. The number of thioether (sulfide) groups is 1. The maximum Gasteiger partial charge on any atom is 0.138 e. The molecule has 1 aromatic heterocycles. The van der Waals surface area contributed by atoms with Gasteiger partial charge in [0.05, 0.1) is 0 Å². The summed E-state index contributed by atoms with van der Waals surface area (Å²) < 4.78 is 3.16. The van der Waals surface area contributed by atoms with E-state index >= 15 is 0 Å². The van der Waals surface area contributed by atoms with Crippen molar-refractivity contribution in [2.75, 3.05) is 12.8 Å². The Bertz CT molecular complexity index is 558. The van der Waals surface area contributed by atoms with Crippen molar-refractivity contribution in [3.63, 3.8) is 0 Å². The van der Waals surface area contributed by atoms with Crippen molar-refractivity contribution in [2.24, 2.45) is 0 Å². The number of nitrogens with zero attached hydrogens (tertiary/aromatic N) is 3. The third kappa shape index (κ3) is 4.83. The van der Waals surface area contributed by atoms with Gasteiger partial charge in [-0.3, -0.25) is 4.68 Å². The topological polar surface area (TPSA) is 42.7 Å². The second-order valence-electron chi connectivity index (χ2n) is 4.83. The summed E-state index contributed by atoms with van der Waals surface area (Å²) in [6.07, 6.45) is 3.62. The van der Waals surface area contributed by atoms with Gasteiger partial charge in [-0.1, -0.05) is 19.1 Å². The van der Waals surface area contributed by atoms with Crippen LogP contribution in [-0.2, 0) is 13.0 Å². The van der Waals surface area contributed by atoms with Crippen molar-refractivity contribution >= 4 is 27.7 Å². The number of nitrogens with one attached hydrogen (secondary N) is 1. The van der Waals surface area contributed by atoms with E-state index in [2.05, 4.69) is 56.5 Å². The summed E-state index contributed by atoms with van der Waals surface area (Å²) in [6, 6.07) is 8.70. The Morgan fingerprint density at radius 1 is 1.38 bits per heavy atom. The van der Waals surface area contributed by atoms with Crippen LogP contribution >= 0.6 is 27.7 Å². The van der Waals surface area contributed by atoms with Gasteiger partial charge < -0.3 is 5.32 Å². The molecule has 2 rings (SSSR count). The molecule has 6 heteroatoms. The van der Waals surface area contributed by atoms with Crippen LogP contribution in [0, 0.1) is 0 Å². The molecule has 0 bridgehead atoms. The van der Waals surface area contributed by atoms with Crippen molar-refractivity contribution < 1.29 is 0 Å². The van der Waals surface area contributed by atoms with E-state index in [4.69, 9.17) is 0 Å². The van der Waals surface area contributed by atoms with Crippen molar-refractivity contribution in [2.45, 2.75) is 37.2 Å². The molecule has 4 nitrogen and oxygen atoms in total. The molecular weight excluding hydrogens is 348 g/mol. The number of likely N-dealkylation sites (N-methyl/N-ethyl adjacent to an activating group) is 1. The van der Waals surface area contributed by atoms with E-state index in [1.54, 1.807) is 6.33 Å². The van der Waals surface area contributed by atoms with Gasteiger partial charge in [0.2, 0.25) is 0 Å². The van der Waals surface area contributed by atoms with Gasteiger partial charge in [0, 0.05) is 34.1 Å². The molecule has 0 spiro atoms. The van der Waals surface area contributed by atoms with Crippen molar-refractivity contribution in [1.82, 2.24) is 20.1 Å². The zero-order valence-electron chi connectivity index (χ0n) is 12.4. The molecule has 0 aliphatic carbocycles. The Kier molecular flexibility index (Phi) is 6.73. The lowest BCUT2D eigenvalue weighted by Gasteiger charge is -2.16. The van der Waals surface area contributed by atoms with Crippen LogP contribution in [0.3, 0.4) is 0 Å². The summed E-state index contributed by atoms with van der Waals surface area (Å²) in [5.74, 6) is 2.06. The lowest BCUT2D eigenvalue weighted by atomic mass is 10.2. The Morgan fingerprint density at radius 2 is 2.19 bits per heavy atom. The summed E-state index contributed by atoms with van der Waals surface area (Å²) in [5.41, 5.74) is 0. The average Bonchev–Trinajstić information content (AvgIpc) is 2.92. The minimum absolute atomic E-state index is 0.377. The van der Waals surface area contributed by atoms with Crippen LogP contribution in [0.25, 0.3) is 0 Å². The van der Waals surface area contributed by atoms with Crippen LogP contribution in [0.5, 0.6) is 0 Å². The molecule has 2 aromatic rings. The molecule has 114 valence electrons. The molecule has 1 unspecified atom stereocenters. The summed E-state index contributed by atoms with van der Waals surface area (Å²) in [4.78, 5) is 5.66. The predicted molar refractivity (Wildman–Crippen MR) is 91.7 cm³/mol. The molecule has 0 saturated heterocycles. The third-order valence-electron chi connectivity index (χ3n) is 3.25. The van der Waals surface area contributed by atoms with Crippen LogP contribution in [0.15, 0.2) is 40.0 Å². The number of benzene rings is 1. The lowest BCUT2D eigenvalue weighted by molar-refractivity contribution is 0.528. The van der Waals surface area contributed by atoms with E-state index < -0.39 is 0 Å². The standard InChI is InChI=1S/C15H21BrN4S/c1-3-8-20-15(18-11-19-20)9-12(17-2)10-21-14-7-5-4-6-13(14)16/h4-7,11-12,17H,3,8-10H2,1-2H3. The fraction of sp³-hybridized carbons (Fsp3) is 0.467. The van der Waals surface area contributed by atoms with Crippen LogP contribution in [0.1, 0.15) is 19.2 Å². The highest BCUT2D eigenvalue weighted by Crippen LogP contribution is 2.27. The van der Waals surface area contributed by atoms with E-state index in [9.17, 15) is 0 Å². The monoisotopic (exact) mass is 368 g/mol. The summed E-state index contributed by atoms with van der Waals surface area (Å²) in [6.45, 7) is 3.09. The second kappa shape index (κ2) is 8.56. The lowest BCUT2D eigenvalue weighted by Crippen LogP contribution is -2.31. The summed E-state index contributed by atoms with van der Waals surface area (Å²) in [7, 11) is 2.01. The van der Waals surface area contributed by atoms with Crippen LogP contribution in [0.2, 0.25) is 0 Å². The molecular formula is C15H21BrN4S. The first-order valence-electron chi connectivity index (χ1n) is 7.15. The first kappa shape index (κ1) is 16.5. The highest BCUT2D eigenvalue weighted by atomic mass is 79.9.